The Balaban J connectivity index is 0.000000505. The number of para-hydroxylation sites is 3. The van der Waals surface area contributed by atoms with Crippen LogP contribution >= 0.6 is 0 Å². The van der Waals surface area contributed by atoms with Crippen molar-refractivity contribution in [1.82, 2.24) is 14.9 Å². The zero-order valence-electron chi connectivity index (χ0n) is 21.1. The van der Waals surface area contributed by atoms with Gasteiger partial charge >= 0.3 is 12.1 Å². The molecule has 12 heteroatoms. The highest BCUT2D eigenvalue weighted by atomic mass is 19.4. The number of nitrogens with zero attached hydrogens (tertiary/aromatic N) is 6. The van der Waals surface area contributed by atoms with Crippen LogP contribution in [0, 0.1) is 29.7 Å². The highest BCUT2D eigenvalue weighted by molar-refractivity contribution is 5.97. The molecule has 9 nitrogen and oxygen atoms in total. The van der Waals surface area contributed by atoms with Crippen molar-refractivity contribution in [2.75, 3.05) is 29.4 Å². The Kier molecular flexibility index (Phi) is 8.72. The topological polar surface area (TPSA) is 120 Å². The van der Waals surface area contributed by atoms with Gasteiger partial charge in [-0.3, -0.25) is 10.4 Å². The number of carbonyl (C=O) groups is 1. The molecule has 0 bridgehead atoms. The normalized spacial score (nSPS) is 15.5. The molecule has 2 aromatic carbocycles. The molecule has 1 unspecified atom stereocenters. The van der Waals surface area contributed by atoms with Gasteiger partial charge in [0.2, 0.25) is 5.96 Å². The van der Waals surface area contributed by atoms with E-state index in [1.165, 1.54) is 4.90 Å². The van der Waals surface area contributed by atoms with Crippen LogP contribution in [0.1, 0.15) is 19.4 Å². The van der Waals surface area contributed by atoms with Gasteiger partial charge in [-0.2, -0.15) is 18.4 Å². The highest BCUT2D eigenvalue weighted by Crippen LogP contribution is 2.26. The molecule has 1 atom stereocenters. The summed E-state index contributed by atoms with van der Waals surface area (Å²) in [6.45, 7) is 8.35. The van der Waals surface area contributed by atoms with Crippen LogP contribution in [-0.2, 0) is 4.79 Å². The number of carboxylic acids is 1. The number of aromatic nitrogens is 2. The number of halogens is 3. The molecular formula is C26H28F3N7O2. The number of benzene rings is 2. The number of fused-ring (bicyclic) bond motifs is 1. The molecule has 1 saturated heterocycles. The lowest BCUT2D eigenvalue weighted by molar-refractivity contribution is -0.192. The predicted octanol–water partition coefficient (Wildman–Crippen LogP) is 4.64. The fraction of sp³-hybridized carbons (Fsp3) is 0.346. The van der Waals surface area contributed by atoms with Gasteiger partial charge in [-0.05, 0) is 36.6 Å². The lowest BCUT2D eigenvalue weighted by Crippen LogP contribution is -2.60. The fourth-order valence-corrected chi connectivity index (χ4v) is 4.11. The Morgan fingerprint density at radius 3 is 2.34 bits per heavy atom. The van der Waals surface area contributed by atoms with E-state index in [-0.39, 0.29) is 12.0 Å². The quantitative estimate of drug-likeness (QED) is 0.219. The van der Waals surface area contributed by atoms with Crippen molar-refractivity contribution in [3.05, 3.63) is 60.3 Å². The Morgan fingerprint density at radius 2 is 1.76 bits per heavy atom. The van der Waals surface area contributed by atoms with Gasteiger partial charge in [0.25, 0.3) is 0 Å². The number of nitriles is 1. The highest BCUT2D eigenvalue weighted by Gasteiger charge is 2.38. The summed E-state index contributed by atoms with van der Waals surface area (Å²) in [6.07, 6.45) is -1.04. The molecule has 1 fully saturated rings. The second kappa shape index (κ2) is 11.8. The van der Waals surface area contributed by atoms with Crippen LogP contribution in [0.5, 0.6) is 0 Å². The molecule has 3 aromatic rings. The third-order valence-corrected chi connectivity index (χ3v) is 6.13. The molecule has 0 spiro atoms. The molecule has 4 rings (SSSR count). The predicted molar refractivity (Wildman–Crippen MR) is 138 cm³/mol. The van der Waals surface area contributed by atoms with Crippen molar-refractivity contribution in [3.63, 3.8) is 0 Å². The summed E-state index contributed by atoms with van der Waals surface area (Å²) in [5, 5.41) is 25.8. The number of aliphatic carboxylic acids is 1. The Hall–Kier alpha value is -4.40. The summed E-state index contributed by atoms with van der Waals surface area (Å²) in [5.41, 5.74) is 3.49. The van der Waals surface area contributed by atoms with Crippen molar-refractivity contribution < 1.29 is 23.1 Å². The molecule has 2 N–H and O–H groups in total. The zero-order valence-corrected chi connectivity index (χ0v) is 21.1. The summed E-state index contributed by atoms with van der Waals surface area (Å²) in [7, 11) is 0. The summed E-state index contributed by atoms with van der Waals surface area (Å²) in [6, 6.07) is 15.6. The molecule has 1 aromatic heterocycles. The first-order valence-electron chi connectivity index (χ1n) is 11.8. The second-order valence-electron chi connectivity index (χ2n) is 9.02. The number of carboxylic acid groups (broad SMARTS) is 1. The molecule has 38 heavy (non-hydrogen) atoms. The van der Waals surface area contributed by atoms with Crippen molar-refractivity contribution in [3.8, 4) is 6.19 Å². The maximum Gasteiger partial charge on any atom is 0.490 e. The standard InChI is InChI=1S/C24H27N7.C2HF3O2/c1-17(2)22-15-29(23-14-27-19-9-5-6-10-20(19)28-23)12-13-30(22)24(26)31(16-25)21-11-7-4-8-18(21)3;3-2(4,5)1(6)7/h4-11,14,17,22,26H,12-13,15H2,1-3H3;(H,6,7). The summed E-state index contributed by atoms with van der Waals surface area (Å²) >= 11 is 0. The maximum atomic E-state index is 10.6. The average molecular weight is 528 g/mol. The largest absolute Gasteiger partial charge is 0.490 e. The van der Waals surface area contributed by atoms with E-state index in [0.29, 0.717) is 19.0 Å². The summed E-state index contributed by atoms with van der Waals surface area (Å²) in [4.78, 5) is 24.0. The van der Waals surface area contributed by atoms with Crippen LogP contribution in [0.3, 0.4) is 0 Å². The van der Waals surface area contributed by atoms with E-state index in [1.807, 2.05) is 66.6 Å². The van der Waals surface area contributed by atoms with Crippen molar-refractivity contribution in [2.24, 2.45) is 5.92 Å². The first-order valence-corrected chi connectivity index (χ1v) is 11.8. The number of alkyl halides is 3. The number of aryl methyl sites for hydroxylation is 1. The molecule has 0 amide bonds. The van der Waals surface area contributed by atoms with Crippen LogP contribution in [0.4, 0.5) is 24.7 Å². The zero-order chi connectivity index (χ0) is 28.0. The molecule has 200 valence electrons. The van der Waals surface area contributed by atoms with Gasteiger partial charge < -0.3 is 14.9 Å². The third-order valence-electron chi connectivity index (χ3n) is 6.13. The number of rotatable bonds is 3. The summed E-state index contributed by atoms with van der Waals surface area (Å²) < 4.78 is 31.7. The third kappa shape index (κ3) is 6.47. The first kappa shape index (κ1) is 28.2. The van der Waals surface area contributed by atoms with Crippen LogP contribution in [0.25, 0.3) is 11.0 Å². The number of hydrogen-bond acceptors (Lipinski definition) is 6. The van der Waals surface area contributed by atoms with E-state index in [1.54, 1.807) is 0 Å². The van der Waals surface area contributed by atoms with E-state index in [9.17, 15) is 18.4 Å². The number of hydrogen-bond donors (Lipinski definition) is 2. The van der Waals surface area contributed by atoms with Crippen LogP contribution in [-0.4, -0.2) is 63.8 Å². The van der Waals surface area contributed by atoms with Gasteiger partial charge in [-0.15, -0.1) is 0 Å². The number of guanidine groups is 1. The maximum absolute atomic E-state index is 10.6. The lowest BCUT2D eigenvalue weighted by atomic mass is 9.99. The molecular weight excluding hydrogens is 499 g/mol. The Bertz CT molecular complexity index is 1340. The van der Waals surface area contributed by atoms with Gasteiger partial charge in [-0.1, -0.05) is 44.2 Å². The molecule has 0 radical (unpaired) electrons. The van der Waals surface area contributed by atoms with Gasteiger partial charge in [-0.25, -0.2) is 14.7 Å². The van der Waals surface area contributed by atoms with E-state index in [4.69, 9.17) is 20.3 Å². The minimum atomic E-state index is -5.08. The monoisotopic (exact) mass is 527 g/mol. The molecule has 0 saturated carbocycles. The van der Waals surface area contributed by atoms with E-state index < -0.39 is 12.1 Å². The van der Waals surface area contributed by atoms with Gasteiger partial charge in [0.15, 0.2) is 6.19 Å². The average Bonchev–Trinajstić information content (AvgIpc) is 2.89. The van der Waals surface area contributed by atoms with E-state index >= 15 is 0 Å². The Labute approximate surface area is 218 Å². The van der Waals surface area contributed by atoms with Gasteiger partial charge in [0.1, 0.15) is 5.82 Å². The smallest absolute Gasteiger partial charge is 0.475 e. The molecule has 1 aliphatic heterocycles. The second-order valence-corrected chi connectivity index (χ2v) is 9.02. The van der Waals surface area contributed by atoms with Crippen molar-refractivity contribution >= 4 is 34.5 Å². The fourth-order valence-electron chi connectivity index (χ4n) is 4.11. The van der Waals surface area contributed by atoms with Crippen LogP contribution in [0.15, 0.2) is 54.7 Å². The number of anilines is 2. The van der Waals surface area contributed by atoms with Gasteiger partial charge in [0, 0.05) is 19.6 Å². The van der Waals surface area contributed by atoms with Gasteiger partial charge in [0.05, 0.1) is 29.0 Å². The van der Waals surface area contributed by atoms with Crippen LogP contribution < -0.4 is 9.80 Å². The minimum Gasteiger partial charge on any atom is -0.475 e. The number of nitrogens with one attached hydrogen (secondary N) is 1. The van der Waals surface area contributed by atoms with Crippen molar-refractivity contribution in [2.45, 2.75) is 33.0 Å². The first-order chi connectivity index (χ1) is 17.9. The molecule has 1 aliphatic rings. The van der Waals surface area contributed by atoms with E-state index in [2.05, 4.69) is 29.9 Å². The minimum absolute atomic E-state index is 0.0781. The lowest BCUT2D eigenvalue weighted by Gasteiger charge is -2.45. The molecule has 2 heterocycles. The van der Waals surface area contributed by atoms with E-state index in [0.717, 1.165) is 34.6 Å². The van der Waals surface area contributed by atoms with Crippen LogP contribution in [0.2, 0.25) is 0 Å². The molecule has 0 aliphatic carbocycles. The number of piperazine rings is 1. The SMILES string of the molecule is Cc1ccccc1N(C#N)C(=N)N1CCN(c2cnc3ccccc3n2)CC1C(C)C.O=C(O)C(F)(F)F. The summed E-state index contributed by atoms with van der Waals surface area (Å²) in [5.74, 6) is -1.38. The van der Waals surface area contributed by atoms with Crippen molar-refractivity contribution in [1.29, 1.82) is 10.7 Å². The Morgan fingerprint density at radius 1 is 1.16 bits per heavy atom.